The Morgan fingerprint density at radius 3 is 2.62 bits per heavy atom. The maximum absolute atomic E-state index is 13.1. The molecule has 0 radical (unpaired) electrons. The van der Waals surface area contributed by atoms with E-state index in [1.54, 1.807) is 12.3 Å². The molecule has 0 saturated heterocycles. The van der Waals surface area contributed by atoms with Crippen molar-refractivity contribution in [1.29, 1.82) is 0 Å². The summed E-state index contributed by atoms with van der Waals surface area (Å²) >= 11 is 0. The van der Waals surface area contributed by atoms with Crippen LogP contribution < -0.4 is 0 Å². The Hall–Kier alpha value is -3.08. The lowest BCUT2D eigenvalue weighted by Gasteiger charge is -2.34. The number of nitrogens with one attached hydrogen (secondary N) is 1. The number of fused-ring (bicyclic) bond motifs is 2. The van der Waals surface area contributed by atoms with E-state index in [4.69, 9.17) is 0 Å². The molecule has 0 bridgehead atoms. The van der Waals surface area contributed by atoms with Gasteiger partial charge in [-0.25, -0.2) is 4.79 Å². The number of aromatic amines is 1. The molecule has 24 heavy (non-hydrogen) atoms. The van der Waals surface area contributed by atoms with Gasteiger partial charge in [0.15, 0.2) is 0 Å². The van der Waals surface area contributed by atoms with E-state index >= 15 is 0 Å². The van der Waals surface area contributed by atoms with Crippen molar-refractivity contribution >= 4 is 22.8 Å². The lowest BCUT2D eigenvalue weighted by molar-refractivity contribution is -0.142. The summed E-state index contributed by atoms with van der Waals surface area (Å²) in [6, 6.07) is 14.2. The van der Waals surface area contributed by atoms with Crippen LogP contribution in [0.15, 0.2) is 54.7 Å². The molecule has 1 aliphatic rings. The van der Waals surface area contributed by atoms with Crippen LogP contribution in [0.2, 0.25) is 0 Å². The molecule has 2 N–H and O–H groups in total. The van der Waals surface area contributed by atoms with E-state index in [-0.39, 0.29) is 5.91 Å². The first-order chi connectivity index (χ1) is 11.6. The van der Waals surface area contributed by atoms with Crippen LogP contribution in [-0.4, -0.2) is 32.9 Å². The lowest BCUT2D eigenvalue weighted by Crippen LogP contribution is -2.48. The fraction of sp³-hybridized carbons (Fsp3) is 0.158. The minimum atomic E-state index is -0.975. The molecule has 5 nitrogen and oxygen atoms in total. The first kappa shape index (κ1) is 14.5. The van der Waals surface area contributed by atoms with E-state index in [2.05, 4.69) is 4.98 Å². The first-order valence-corrected chi connectivity index (χ1v) is 7.82. The maximum Gasteiger partial charge on any atom is 0.326 e. The number of nitrogens with zero attached hydrogens (tertiary/aromatic N) is 1. The molecule has 0 unspecified atom stereocenters. The highest BCUT2D eigenvalue weighted by Gasteiger charge is 2.35. The highest BCUT2D eigenvalue weighted by atomic mass is 16.4. The Morgan fingerprint density at radius 2 is 1.83 bits per heavy atom. The standard InChI is InChI=1S/C19H16N2O3/c22-18(15-7-3-6-12-8-9-20-17(12)15)21-11-14-5-2-1-4-13(14)10-16(21)19(23)24/h1-9,16,20H,10-11H2,(H,23,24)/t16-/m1/s1. The Kier molecular flexibility index (Phi) is 3.34. The number of carbonyl (C=O) groups is 2. The highest BCUT2D eigenvalue weighted by molar-refractivity contribution is 6.06. The lowest BCUT2D eigenvalue weighted by atomic mass is 9.93. The molecule has 3 aromatic rings. The van der Waals surface area contributed by atoms with Gasteiger partial charge in [-0.1, -0.05) is 36.4 Å². The number of carboxylic acids is 1. The van der Waals surface area contributed by atoms with Gasteiger partial charge in [-0.05, 0) is 23.3 Å². The number of aromatic nitrogens is 1. The molecule has 2 aromatic carbocycles. The fourth-order valence-electron chi connectivity index (χ4n) is 3.37. The van der Waals surface area contributed by atoms with Crippen molar-refractivity contribution in [1.82, 2.24) is 9.88 Å². The zero-order chi connectivity index (χ0) is 16.7. The average Bonchev–Trinajstić information content (AvgIpc) is 3.08. The molecule has 2 heterocycles. The number of carbonyl (C=O) groups excluding carboxylic acids is 1. The van der Waals surface area contributed by atoms with E-state index in [1.165, 1.54) is 4.90 Å². The van der Waals surface area contributed by atoms with Gasteiger partial charge in [0.25, 0.3) is 5.91 Å². The largest absolute Gasteiger partial charge is 0.480 e. The highest BCUT2D eigenvalue weighted by Crippen LogP contribution is 2.27. The molecule has 4 rings (SSSR count). The fourth-order valence-corrected chi connectivity index (χ4v) is 3.37. The molecule has 1 aliphatic heterocycles. The monoisotopic (exact) mass is 320 g/mol. The summed E-state index contributed by atoms with van der Waals surface area (Å²) in [5.74, 6) is -1.23. The second-order valence-corrected chi connectivity index (χ2v) is 6.01. The van der Waals surface area contributed by atoms with Crippen molar-refractivity contribution in [3.05, 3.63) is 71.4 Å². The molecular formula is C19H16N2O3. The van der Waals surface area contributed by atoms with Crippen LogP contribution in [0, 0.1) is 0 Å². The van der Waals surface area contributed by atoms with Crippen molar-refractivity contribution < 1.29 is 14.7 Å². The number of H-pyrrole nitrogens is 1. The smallest absolute Gasteiger partial charge is 0.326 e. The molecule has 0 aliphatic carbocycles. The summed E-state index contributed by atoms with van der Waals surface area (Å²) in [7, 11) is 0. The summed E-state index contributed by atoms with van der Waals surface area (Å²) in [5, 5.41) is 10.5. The Balaban J connectivity index is 1.77. The van der Waals surface area contributed by atoms with Gasteiger partial charge in [-0.3, -0.25) is 4.79 Å². The van der Waals surface area contributed by atoms with Crippen LogP contribution in [0.25, 0.3) is 10.9 Å². The average molecular weight is 320 g/mol. The summed E-state index contributed by atoms with van der Waals surface area (Å²) in [6.45, 7) is 0.309. The molecule has 0 fully saturated rings. The number of amides is 1. The maximum atomic E-state index is 13.1. The van der Waals surface area contributed by atoms with Crippen molar-refractivity contribution in [2.45, 2.75) is 19.0 Å². The number of hydrogen-bond acceptors (Lipinski definition) is 2. The number of benzene rings is 2. The summed E-state index contributed by atoms with van der Waals surface area (Å²) in [4.78, 5) is 29.3. The number of carboxylic acid groups (broad SMARTS) is 1. The van der Waals surface area contributed by atoms with E-state index < -0.39 is 12.0 Å². The van der Waals surface area contributed by atoms with Crippen LogP contribution in [0.5, 0.6) is 0 Å². The SMILES string of the molecule is O=C(O)[C@H]1Cc2ccccc2CN1C(=O)c1cccc2cc[nH]c12. The molecule has 1 aromatic heterocycles. The number of hydrogen-bond donors (Lipinski definition) is 2. The Labute approximate surface area is 138 Å². The number of rotatable bonds is 2. The third-order valence-electron chi connectivity index (χ3n) is 4.61. The second kappa shape index (κ2) is 5.53. The molecule has 0 spiro atoms. The van der Waals surface area contributed by atoms with Crippen LogP contribution in [0.3, 0.4) is 0 Å². The zero-order valence-corrected chi connectivity index (χ0v) is 12.9. The molecule has 1 atom stereocenters. The van der Waals surface area contributed by atoms with Gasteiger partial charge in [0, 0.05) is 24.5 Å². The van der Waals surface area contributed by atoms with E-state index in [1.807, 2.05) is 42.5 Å². The van der Waals surface area contributed by atoms with Gasteiger partial charge >= 0.3 is 5.97 Å². The van der Waals surface area contributed by atoms with E-state index in [0.29, 0.717) is 18.5 Å². The first-order valence-electron chi connectivity index (χ1n) is 7.82. The Bertz CT molecular complexity index is 944. The number of aliphatic carboxylic acids is 1. The molecule has 1 amide bonds. The van der Waals surface area contributed by atoms with E-state index in [0.717, 1.165) is 22.0 Å². The molecule has 120 valence electrons. The van der Waals surface area contributed by atoms with Crippen LogP contribution in [0.4, 0.5) is 0 Å². The molecule has 5 heteroatoms. The quantitative estimate of drug-likeness (QED) is 0.762. The van der Waals surface area contributed by atoms with Gasteiger partial charge in [0.1, 0.15) is 6.04 Å². The predicted molar refractivity (Wildman–Crippen MR) is 89.7 cm³/mol. The molecular weight excluding hydrogens is 304 g/mol. The predicted octanol–water partition coefficient (Wildman–Crippen LogP) is 2.82. The normalized spacial score (nSPS) is 16.8. The minimum absolute atomic E-state index is 0.259. The van der Waals surface area contributed by atoms with Gasteiger partial charge in [0.05, 0.1) is 11.1 Å². The summed E-state index contributed by atoms with van der Waals surface area (Å²) in [5.41, 5.74) is 3.24. The third-order valence-corrected chi connectivity index (χ3v) is 4.61. The van der Waals surface area contributed by atoms with Gasteiger partial charge in [0.2, 0.25) is 0 Å². The summed E-state index contributed by atoms with van der Waals surface area (Å²) < 4.78 is 0. The van der Waals surface area contributed by atoms with Crippen molar-refractivity contribution in [3.63, 3.8) is 0 Å². The minimum Gasteiger partial charge on any atom is -0.480 e. The van der Waals surface area contributed by atoms with Crippen molar-refractivity contribution in [2.24, 2.45) is 0 Å². The van der Waals surface area contributed by atoms with Crippen LogP contribution in [-0.2, 0) is 17.8 Å². The van der Waals surface area contributed by atoms with Crippen molar-refractivity contribution in [3.8, 4) is 0 Å². The second-order valence-electron chi connectivity index (χ2n) is 6.01. The van der Waals surface area contributed by atoms with Crippen molar-refractivity contribution in [2.75, 3.05) is 0 Å². The van der Waals surface area contributed by atoms with Crippen LogP contribution in [0.1, 0.15) is 21.5 Å². The topological polar surface area (TPSA) is 73.4 Å². The van der Waals surface area contributed by atoms with Gasteiger partial charge < -0.3 is 15.0 Å². The van der Waals surface area contributed by atoms with Gasteiger partial charge in [-0.15, -0.1) is 0 Å². The summed E-state index contributed by atoms with van der Waals surface area (Å²) in [6.07, 6.45) is 2.11. The third kappa shape index (κ3) is 2.25. The van der Waals surface area contributed by atoms with Crippen LogP contribution >= 0.6 is 0 Å². The van der Waals surface area contributed by atoms with E-state index in [9.17, 15) is 14.7 Å². The Morgan fingerprint density at radius 1 is 1.04 bits per heavy atom. The number of para-hydroxylation sites is 1. The van der Waals surface area contributed by atoms with Gasteiger partial charge in [-0.2, -0.15) is 0 Å². The molecule has 0 saturated carbocycles. The zero-order valence-electron chi connectivity index (χ0n) is 12.9.